The number of carbonyl (C=O) groups excluding carboxylic acids is 1. The fourth-order valence-electron chi connectivity index (χ4n) is 2.46. The molecule has 138 valence electrons. The molecule has 0 aliphatic carbocycles. The second-order valence-electron chi connectivity index (χ2n) is 5.41. The highest BCUT2D eigenvalue weighted by atomic mass is 32.1. The Morgan fingerprint density at radius 3 is 2.56 bits per heavy atom. The summed E-state index contributed by atoms with van der Waals surface area (Å²) >= 11 is 1.14. The van der Waals surface area contributed by atoms with Gasteiger partial charge in [0.2, 0.25) is 0 Å². The Morgan fingerprint density at radius 2 is 1.89 bits per heavy atom. The van der Waals surface area contributed by atoms with Crippen molar-refractivity contribution in [2.45, 2.75) is 6.92 Å². The summed E-state index contributed by atoms with van der Waals surface area (Å²) in [6, 6.07) is 9.99. The van der Waals surface area contributed by atoms with Crippen LogP contribution in [0.2, 0.25) is 0 Å². The molecule has 27 heavy (non-hydrogen) atoms. The van der Waals surface area contributed by atoms with Crippen molar-refractivity contribution >= 4 is 44.4 Å². The molecule has 0 saturated heterocycles. The molecule has 1 N–H and O–H groups in total. The molecule has 0 bridgehead atoms. The van der Waals surface area contributed by atoms with Gasteiger partial charge in [-0.25, -0.2) is 0 Å². The molecule has 0 spiro atoms. The molecule has 0 saturated carbocycles. The van der Waals surface area contributed by atoms with Crippen LogP contribution in [0.4, 0.5) is 17.1 Å². The van der Waals surface area contributed by atoms with E-state index in [2.05, 4.69) is 5.32 Å². The Balaban J connectivity index is 1.90. The van der Waals surface area contributed by atoms with Crippen LogP contribution in [0.3, 0.4) is 0 Å². The lowest BCUT2D eigenvalue weighted by Crippen LogP contribution is -2.11. The van der Waals surface area contributed by atoms with Crippen LogP contribution in [0.15, 0.2) is 42.5 Å². The topological polar surface area (TPSA) is 125 Å². The summed E-state index contributed by atoms with van der Waals surface area (Å²) in [5.41, 5.74) is -0.322. The zero-order valence-electron chi connectivity index (χ0n) is 14.0. The van der Waals surface area contributed by atoms with Crippen molar-refractivity contribution in [3.8, 4) is 5.75 Å². The second-order valence-corrected chi connectivity index (χ2v) is 6.50. The van der Waals surface area contributed by atoms with Gasteiger partial charge in [0.25, 0.3) is 17.3 Å². The number of nitro groups is 2. The third kappa shape index (κ3) is 3.85. The molecule has 0 unspecified atom stereocenters. The minimum atomic E-state index is -0.605. The van der Waals surface area contributed by atoms with E-state index in [1.807, 2.05) is 0 Å². The van der Waals surface area contributed by atoms with E-state index in [4.69, 9.17) is 4.74 Å². The van der Waals surface area contributed by atoms with Crippen molar-refractivity contribution in [2.75, 3.05) is 11.9 Å². The van der Waals surface area contributed by atoms with Gasteiger partial charge in [-0.15, -0.1) is 11.3 Å². The van der Waals surface area contributed by atoms with E-state index in [0.29, 0.717) is 22.4 Å². The van der Waals surface area contributed by atoms with E-state index < -0.39 is 15.8 Å². The first-order chi connectivity index (χ1) is 12.9. The van der Waals surface area contributed by atoms with Gasteiger partial charge < -0.3 is 10.1 Å². The van der Waals surface area contributed by atoms with Crippen LogP contribution in [0.25, 0.3) is 10.1 Å². The lowest BCUT2D eigenvalue weighted by molar-refractivity contribution is -0.384. The predicted octanol–water partition coefficient (Wildman–Crippen LogP) is 4.37. The molecule has 9 nitrogen and oxygen atoms in total. The van der Waals surface area contributed by atoms with E-state index >= 15 is 0 Å². The molecular formula is C17H13N3O6S. The van der Waals surface area contributed by atoms with E-state index in [0.717, 1.165) is 11.3 Å². The lowest BCUT2D eigenvalue weighted by atomic mass is 10.2. The number of anilines is 1. The smallest absolute Gasteiger partial charge is 0.296 e. The number of hydrogen-bond donors (Lipinski definition) is 1. The summed E-state index contributed by atoms with van der Waals surface area (Å²) in [6.07, 6.45) is 0. The summed E-state index contributed by atoms with van der Waals surface area (Å²) in [4.78, 5) is 33.8. The average molecular weight is 387 g/mol. The molecule has 2 aromatic carbocycles. The van der Waals surface area contributed by atoms with Crippen LogP contribution >= 0.6 is 11.3 Å². The molecule has 3 aromatic rings. The largest absolute Gasteiger partial charge is 0.494 e. The fraction of sp³-hybridized carbons (Fsp3) is 0.118. The van der Waals surface area contributed by atoms with Gasteiger partial charge in [0.05, 0.1) is 27.4 Å². The van der Waals surface area contributed by atoms with Crippen LogP contribution in [-0.2, 0) is 0 Å². The summed E-state index contributed by atoms with van der Waals surface area (Å²) in [5.74, 6) is -0.206. The van der Waals surface area contributed by atoms with Gasteiger partial charge in [0, 0.05) is 22.2 Å². The minimum absolute atomic E-state index is 0.0388. The number of nitro benzene ring substituents is 2. The zero-order valence-corrected chi connectivity index (χ0v) is 14.8. The third-order valence-corrected chi connectivity index (χ3v) is 4.77. The molecule has 10 heteroatoms. The van der Waals surface area contributed by atoms with Crippen LogP contribution in [-0.4, -0.2) is 22.4 Å². The minimum Gasteiger partial charge on any atom is -0.494 e. The van der Waals surface area contributed by atoms with Crippen molar-refractivity contribution in [3.63, 3.8) is 0 Å². The number of benzene rings is 2. The van der Waals surface area contributed by atoms with Crippen molar-refractivity contribution < 1.29 is 19.4 Å². The Kier molecular flexibility index (Phi) is 4.99. The summed E-state index contributed by atoms with van der Waals surface area (Å²) in [6.45, 7) is 2.12. The first-order valence-electron chi connectivity index (χ1n) is 7.79. The SMILES string of the molecule is CCOc1ccc(NC(=O)c2cc3cc([N+](=O)[O-])ccc3s2)c([N+](=O)[O-])c1. The number of amides is 1. The van der Waals surface area contributed by atoms with E-state index in [-0.39, 0.29) is 21.9 Å². The van der Waals surface area contributed by atoms with Gasteiger partial charge in [0.1, 0.15) is 11.4 Å². The molecule has 1 heterocycles. The Labute approximate surface area is 156 Å². The lowest BCUT2D eigenvalue weighted by Gasteiger charge is -2.07. The standard InChI is InChI=1S/C17H13N3O6S/c1-2-26-12-4-5-13(14(9-12)20(24)25)18-17(21)16-8-10-7-11(19(22)23)3-6-15(10)27-16/h3-9H,2H2,1H3,(H,18,21). The highest BCUT2D eigenvalue weighted by Gasteiger charge is 2.19. The fourth-order valence-corrected chi connectivity index (χ4v) is 3.40. The average Bonchev–Trinajstić information content (AvgIpc) is 3.06. The number of hydrogen-bond acceptors (Lipinski definition) is 7. The number of non-ortho nitro benzene ring substituents is 1. The number of nitrogens with one attached hydrogen (secondary N) is 1. The molecular weight excluding hydrogens is 374 g/mol. The Bertz CT molecular complexity index is 1060. The van der Waals surface area contributed by atoms with E-state index in [1.54, 1.807) is 13.0 Å². The maximum absolute atomic E-state index is 12.5. The number of rotatable bonds is 6. The van der Waals surface area contributed by atoms with Gasteiger partial charge >= 0.3 is 0 Å². The van der Waals surface area contributed by atoms with Gasteiger partial charge in [0.15, 0.2) is 0 Å². The quantitative estimate of drug-likeness (QED) is 0.494. The molecule has 0 atom stereocenters. The monoisotopic (exact) mass is 387 g/mol. The molecule has 1 aromatic heterocycles. The van der Waals surface area contributed by atoms with Crippen LogP contribution < -0.4 is 10.1 Å². The Morgan fingerprint density at radius 1 is 1.11 bits per heavy atom. The van der Waals surface area contributed by atoms with Crippen LogP contribution in [0.5, 0.6) is 5.75 Å². The van der Waals surface area contributed by atoms with Gasteiger partial charge in [-0.1, -0.05) is 0 Å². The molecule has 0 radical (unpaired) electrons. The maximum atomic E-state index is 12.5. The zero-order chi connectivity index (χ0) is 19.6. The van der Waals surface area contributed by atoms with Crippen molar-refractivity contribution in [1.82, 2.24) is 0 Å². The maximum Gasteiger partial charge on any atom is 0.296 e. The Hall–Kier alpha value is -3.53. The molecule has 3 rings (SSSR count). The number of thiophene rings is 1. The van der Waals surface area contributed by atoms with Gasteiger partial charge in [-0.3, -0.25) is 25.0 Å². The normalized spacial score (nSPS) is 10.6. The van der Waals surface area contributed by atoms with Crippen molar-refractivity contribution in [3.05, 3.63) is 67.6 Å². The number of fused-ring (bicyclic) bond motifs is 1. The highest BCUT2D eigenvalue weighted by molar-refractivity contribution is 7.20. The summed E-state index contributed by atoms with van der Waals surface area (Å²) in [5, 5.41) is 25.2. The molecule has 1 amide bonds. The van der Waals surface area contributed by atoms with Crippen LogP contribution in [0.1, 0.15) is 16.6 Å². The van der Waals surface area contributed by atoms with Gasteiger partial charge in [-0.2, -0.15) is 0 Å². The number of nitrogens with zero attached hydrogens (tertiary/aromatic N) is 2. The third-order valence-electron chi connectivity index (χ3n) is 3.66. The van der Waals surface area contributed by atoms with E-state index in [9.17, 15) is 25.0 Å². The summed E-state index contributed by atoms with van der Waals surface area (Å²) < 4.78 is 5.94. The number of ether oxygens (including phenoxy) is 1. The van der Waals surface area contributed by atoms with Crippen LogP contribution in [0, 0.1) is 20.2 Å². The van der Waals surface area contributed by atoms with Crippen molar-refractivity contribution in [2.24, 2.45) is 0 Å². The highest BCUT2D eigenvalue weighted by Crippen LogP contribution is 2.32. The molecule has 0 fully saturated rings. The second kappa shape index (κ2) is 7.38. The number of carbonyl (C=O) groups is 1. The van der Waals surface area contributed by atoms with E-state index in [1.165, 1.54) is 36.4 Å². The molecule has 0 aliphatic rings. The first-order valence-corrected chi connectivity index (χ1v) is 8.61. The predicted molar refractivity (Wildman–Crippen MR) is 101 cm³/mol. The first kappa shape index (κ1) is 18.3. The molecule has 0 aliphatic heterocycles. The van der Waals surface area contributed by atoms with Gasteiger partial charge in [-0.05, 0) is 31.2 Å². The van der Waals surface area contributed by atoms with Crippen molar-refractivity contribution in [1.29, 1.82) is 0 Å². The summed E-state index contributed by atoms with van der Waals surface area (Å²) in [7, 11) is 0.